The molecule has 0 heterocycles. The van der Waals surface area contributed by atoms with Crippen molar-refractivity contribution in [3.63, 3.8) is 0 Å². The second kappa shape index (κ2) is 6.79. The number of para-hydroxylation sites is 1. The quantitative estimate of drug-likeness (QED) is 0.432. The molecular formula is C14H17NO5. The second-order valence-electron chi connectivity index (χ2n) is 4.56. The fourth-order valence-corrected chi connectivity index (χ4v) is 2.37. The third kappa shape index (κ3) is 3.63. The number of ether oxygens (including phenoxy) is 1. The van der Waals surface area contributed by atoms with Crippen LogP contribution in [0.3, 0.4) is 0 Å². The van der Waals surface area contributed by atoms with Crippen LogP contribution in [0, 0.1) is 16.0 Å². The van der Waals surface area contributed by atoms with Gasteiger partial charge in [-0.25, -0.2) is 0 Å². The molecule has 6 heteroatoms. The fourth-order valence-electron chi connectivity index (χ4n) is 2.37. The molecule has 0 N–H and O–H groups in total. The van der Waals surface area contributed by atoms with Crippen molar-refractivity contribution in [1.82, 2.24) is 0 Å². The lowest BCUT2D eigenvalue weighted by molar-refractivity contribution is -0.484. The van der Waals surface area contributed by atoms with Crippen LogP contribution in [0.25, 0.3) is 0 Å². The maximum atomic E-state index is 11.7. The van der Waals surface area contributed by atoms with Crippen molar-refractivity contribution in [3.8, 4) is 5.75 Å². The molecule has 0 saturated carbocycles. The minimum Gasteiger partial charge on any atom is -0.496 e. The molecular weight excluding hydrogens is 262 g/mol. The molecule has 1 atom stereocenters. The molecule has 0 aromatic heterocycles. The zero-order chi connectivity index (χ0) is 15.3. The Bertz CT molecular complexity index is 512. The van der Waals surface area contributed by atoms with Gasteiger partial charge in [0.15, 0.2) is 0 Å². The summed E-state index contributed by atoms with van der Waals surface area (Å²) in [5.74, 6) is -2.18. The minimum atomic E-state index is -1.03. The first-order valence-electron chi connectivity index (χ1n) is 6.14. The number of carbonyl (C=O) groups is 2. The van der Waals surface area contributed by atoms with Gasteiger partial charge >= 0.3 is 0 Å². The topological polar surface area (TPSA) is 86.5 Å². The molecule has 6 nitrogen and oxygen atoms in total. The number of ketones is 2. The van der Waals surface area contributed by atoms with Crippen molar-refractivity contribution in [2.24, 2.45) is 5.92 Å². The highest BCUT2D eigenvalue weighted by molar-refractivity contribution is 6.01. The summed E-state index contributed by atoms with van der Waals surface area (Å²) in [4.78, 5) is 33.8. The SMILES string of the molecule is COc1ccccc1[C@@H](C[N+](=O)[O-])C(C(C)=O)C(C)=O. The van der Waals surface area contributed by atoms with Gasteiger partial charge in [0.1, 0.15) is 17.3 Å². The standard InChI is InChI=1S/C14H17NO5/c1-9(16)14(10(2)17)12(8-15(18)19)11-6-4-5-7-13(11)20-3/h4-7,12,14H,8H2,1-3H3/t12-/m1/s1. The summed E-state index contributed by atoms with van der Waals surface area (Å²) in [5.41, 5.74) is 0.502. The predicted octanol–water partition coefficient (Wildman–Crippen LogP) is 1.85. The zero-order valence-corrected chi connectivity index (χ0v) is 11.7. The lowest BCUT2D eigenvalue weighted by Gasteiger charge is -2.22. The van der Waals surface area contributed by atoms with Crippen LogP contribution in [0.1, 0.15) is 25.3 Å². The second-order valence-corrected chi connectivity index (χ2v) is 4.56. The lowest BCUT2D eigenvalue weighted by atomic mass is 9.81. The van der Waals surface area contributed by atoms with E-state index in [0.29, 0.717) is 11.3 Å². The van der Waals surface area contributed by atoms with E-state index in [9.17, 15) is 19.7 Å². The Morgan fingerprint density at radius 2 is 1.80 bits per heavy atom. The van der Waals surface area contributed by atoms with Crippen molar-refractivity contribution < 1.29 is 19.2 Å². The van der Waals surface area contributed by atoms with Crippen LogP contribution in [0.4, 0.5) is 0 Å². The van der Waals surface area contributed by atoms with Crippen molar-refractivity contribution in [2.75, 3.05) is 13.7 Å². The molecule has 0 saturated heterocycles. The van der Waals surface area contributed by atoms with Crippen molar-refractivity contribution in [1.29, 1.82) is 0 Å². The number of carbonyl (C=O) groups excluding carboxylic acids is 2. The molecule has 0 aliphatic carbocycles. The highest BCUT2D eigenvalue weighted by Gasteiger charge is 2.36. The first kappa shape index (κ1) is 15.8. The van der Waals surface area contributed by atoms with E-state index in [-0.39, 0.29) is 11.6 Å². The Kier molecular flexibility index (Phi) is 5.37. The third-order valence-electron chi connectivity index (χ3n) is 3.16. The Hall–Kier alpha value is -2.24. The van der Waals surface area contributed by atoms with E-state index in [4.69, 9.17) is 4.74 Å². The summed E-state index contributed by atoms with van der Waals surface area (Å²) in [6.45, 7) is 2.05. The first-order valence-corrected chi connectivity index (χ1v) is 6.14. The monoisotopic (exact) mass is 279 g/mol. The number of Topliss-reactive ketones (excluding diaryl/α,β-unsaturated/α-hetero) is 2. The molecule has 0 spiro atoms. The number of rotatable bonds is 7. The van der Waals surface area contributed by atoms with Gasteiger partial charge in [-0.2, -0.15) is 0 Å². The van der Waals surface area contributed by atoms with E-state index in [1.165, 1.54) is 21.0 Å². The smallest absolute Gasteiger partial charge is 0.211 e. The fraction of sp³-hybridized carbons (Fsp3) is 0.429. The third-order valence-corrected chi connectivity index (χ3v) is 3.16. The van der Waals surface area contributed by atoms with Crippen LogP contribution in [0.5, 0.6) is 5.75 Å². The van der Waals surface area contributed by atoms with Gasteiger partial charge in [0.05, 0.1) is 18.9 Å². The Labute approximate surface area is 116 Å². The van der Waals surface area contributed by atoms with Crippen molar-refractivity contribution in [3.05, 3.63) is 39.9 Å². The summed E-state index contributed by atoms with van der Waals surface area (Å²) in [6, 6.07) is 6.72. The van der Waals surface area contributed by atoms with Crippen LogP contribution >= 0.6 is 0 Å². The number of hydrogen-bond donors (Lipinski definition) is 0. The number of hydrogen-bond acceptors (Lipinski definition) is 5. The summed E-state index contributed by atoms with van der Waals surface area (Å²) >= 11 is 0. The van der Waals surface area contributed by atoms with E-state index >= 15 is 0 Å². The zero-order valence-electron chi connectivity index (χ0n) is 11.7. The average Bonchev–Trinajstić information content (AvgIpc) is 2.36. The predicted molar refractivity (Wildman–Crippen MR) is 72.4 cm³/mol. The molecule has 1 aromatic rings. The van der Waals surface area contributed by atoms with Crippen LogP contribution in [0.15, 0.2) is 24.3 Å². The van der Waals surface area contributed by atoms with E-state index in [2.05, 4.69) is 0 Å². The van der Waals surface area contributed by atoms with Crippen LogP contribution in [0.2, 0.25) is 0 Å². The molecule has 0 fully saturated rings. The number of nitrogens with zero attached hydrogens (tertiary/aromatic N) is 1. The molecule has 0 aliphatic rings. The summed E-state index contributed by atoms with van der Waals surface area (Å²) < 4.78 is 5.17. The van der Waals surface area contributed by atoms with E-state index in [1.54, 1.807) is 24.3 Å². The first-order chi connectivity index (χ1) is 9.38. The number of nitro groups is 1. The molecule has 0 unspecified atom stereocenters. The summed E-state index contributed by atoms with van der Waals surface area (Å²) in [7, 11) is 1.44. The van der Waals surface area contributed by atoms with Gasteiger partial charge in [0.25, 0.3) is 0 Å². The van der Waals surface area contributed by atoms with Crippen molar-refractivity contribution >= 4 is 11.6 Å². The van der Waals surface area contributed by atoms with E-state index < -0.39 is 23.3 Å². The van der Waals surface area contributed by atoms with Gasteiger partial charge in [0.2, 0.25) is 6.54 Å². The molecule has 0 aliphatic heterocycles. The largest absolute Gasteiger partial charge is 0.496 e. The molecule has 0 amide bonds. The maximum Gasteiger partial charge on any atom is 0.211 e. The number of methoxy groups -OCH3 is 1. The van der Waals surface area contributed by atoms with Crippen LogP contribution in [-0.4, -0.2) is 30.1 Å². The summed E-state index contributed by atoms with van der Waals surface area (Å²) in [6.07, 6.45) is 0. The molecule has 20 heavy (non-hydrogen) atoms. The molecule has 0 bridgehead atoms. The van der Waals surface area contributed by atoms with Gasteiger partial charge in [0, 0.05) is 10.5 Å². The normalized spacial score (nSPS) is 12.0. The van der Waals surface area contributed by atoms with E-state index in [0.717, 1.165) is 0 Å². The Morgan fingerprint density at radius 1 is 1.25 bits per heavy atom. The maximum absolute atomic E-state index is 11.7. The van der Waals surface area contributed by atoms with Crippen molar-refractivity contribution in [2.45, 2.75) is 19.8 Å². The minimum absolute atomic E-state index is 0.379. The Morgan fingerprint density at radius 3 is 2.25 bits per heavy atom. The van der Waals surface area contributed by atoms with Crippen LogP contribution < -0.4 is 4.74 Å². The lowest BCUT2D eigenvalue weighted by Crippen LogP contribution is -2.31. The van der Waals surface area contributed by atoms with Gasteiger partial charge in [-0.3, -0.25) is 19.7 Å². The van der Waals surface area contributed by atoms with Gasteiger partial charge in [-0.15, -0.1) is 0 Å². The highest BCUT2D eigenvalue weighted by Crippen LogP contribution is 2.33. The molecule has 108 valence electrons. The molecule has 1 aromatic carbocycles. The Balaban J connectivity index is 3.33. The van der Waals surface area contributed by atoms with Gasteiger partial charge in [-0.1, -0.05) is 18.2 Å². The average molecular weight is 279 g/mol. The molecule has 1 rings (SSSR count). The van der Waals surface area contributed by atoms with Gasteiger partial charge < -0.3 is 4.74 Å². The number of benzene rings is 1. The van der Waals surface area contributed by atoms with Gasteiger partial charge in [-0.05, 0) is 19.9 Å². The molecule has 0 radical (unpaired) electrons. The van der Waals surface area contributed by atoms with E-state index in [1.807, 2.05) is 0 Å². The van der Waals surface area contributed by atoms with Crippen LogP contribution in [-0.2, 0) is 9.59 Å². The highest BCUT2D eigenvalue weighted by atomic mass is 16.6. The summed E-state index contributed by atoms with van der Waals surface area (Å²) in [5, 5.41) is 10.9.